The Morgan fingerprint density at radius 2 is 1.32 bits per heavy atom. The van der Waals surface area contributed by atoms with Gasteiger partial charge in [0.15, 0.2) is 5.82 Å². The number of fused-ring (bicyclic) bond motifs is 2. The molecule has 0 radical (unpaired) electrons. The number of rotatable bonds is 5. The van der Waals surface area contributed by atoms with E-state index in [-0.39, 0.29) is 0 Å². The Morgan fingerprint density at radius 1 is 0.725 bits per heavy atom. The zero-order valence-corrected chi connectivity index (χ0v) is 22.9. The third-order valence-electron chi connectivity index (χ3n) is 7.32. The van der Waals surface area contributed by atoms with Crippen molar-refractivity contribution < 1.29 is 0 Å². The molecule has 194 valence electrons. The molecular weight excluding hydrogens is 514 g/mol. The van der Waals surface area contributed by atoms with Crippen molar-refractivity contribution in [2.24, 2.45) is 0 Å². The summed E-state index contributed by atoms with van der Waals surface area (Å²) in [6.07, 6.45) is 0.473. The van der Waals surface area contributed by atoms with Crippen LogP contribution in [0.2, 0.25) is 5.02 Å². The molecule has 3 aromatic heterocycles. The first-order chi connectivity index (χ1) is 19.6. The Labute approximate surface area is 237 Å². The summed E-state index contributed by atoms with van der Waals surface area (Å²) in [4.78, 5) is 13.1. The third-order valence-corrected chi connectivity index (χ3v) is 7.66. The van der Waals surface area contributed by atoms with Gasteiger partial charge >= 0.3 is 0 Å². The Hall–Kier alpha value is -4.74. The van der Waals surface area contributed by atoms with Gasteiger partial charge in [-0.3, -0.25) is 0 Å². The fourth-order valence-corrected chi connectivity index (χ4v) is 5.89. The van der Waals surface area contributed by atoms with Gasteiger partial charge in [0.2, 0.25) is 0 Å². The lowest BCUT2D eigenvalue weighted by molar-refractivity contribution is 0.855. The van der Waals surface area contributed by atoms with E-state index >= 15 is 0 Å². The molecule has 0 aliphatic carbocycles. The maximum absolute atomic E-state index is 7.12. The second kappa shape index (κ2) is 9.78. The Bertz CT molecular complexity index is 1990. The molecule has 0 saturated carbocycles. The maximum Gasteiger partial charge on any atom is 0.252 e. The van der Waals surface area contributed by atoms with Gasteiger partial charge in [-0.05, 0) is 53.8 Å². The second-order valence-corrected chi connectivity index (χ2v) is 10.5. The number of hydrogen-bond acceptors (Lipinski definition) is 3. The van der Waals surface area contributed by atoms with Crippen molar-refractivity contribution in [2.75, 3.05) is 0 Å². The van der Waals surface area contributed by atoms with Gasteiger partial charge in [0.05, 0.1) is 5.69 Å². The van der Waals surface area contributed by atoms with E-state index in [4.69, 9.17) is 21.7 Å². The molecule has 6 heteroatoms. The first kappa shape index (κ1) is 24.3. The van der Waals surface area contributed by atoms with Crippen molar-refractivity contribution >= 4 is 28.3 Å². The van der Waals surface area contributed by atoms with Crippen molar-refractivity contribution in [1.82, 2.24) is 24.6 Å². The fourth-order valence-electron chi connectivity index (χ4n) is 5.62. The van der Waals surface area contributed by atoms with E-state index in [9.17, 15) is 0 Å². The fraction of sp³-hybridized carbons (Fsp3) is 0.0882. The van der Waals surface area contributed by atoms with Gasteiger partial charge in [0.25, 0.3) is 5.78 Å². The minimum Gasteiger partial charge on any atom is -0.354 e. The summed E-state index contributed by atoms with van der Waals surface area (Å²) in [5, 5.41) is 6.62. The minimum absolute atomic E-state index is 0.473. The van der Waals surface area contributed by atoms with Crippen molar-refractivity contribution in [3.8, 4) is 33.5 Å². The van der Waals surface area contributed by atoms with Crippen LogP contribution in [0.1, 0.15) is 22.8 Å². The first-order valence-electron chi connectivity index (χ1n) is 13.3. The van der Waals surface area contributed by atoms with E-state index in [0.29, 0.717) is 23.0 Å². The molecule has 7 rings (SSSR count). The highest BCUT2D eigenvalue weighted by atomic mass is 35.5. The Morgan fingerprint density at radius 3 is 1.98 bits per heavy atom. The molecule has 0 fully saturated rings. The average Bonchev–Trinajstić information content (AvgIpc) is 3.56. The zero-order valence-electron chi connectivity index (χ0n) is 22.2. The van der Waals surface area contributed by atoms with Gasteiger partial charge < -0.3 is 4.98 Å². The lowest BCUT2D eigenvalue weighted by Gasteiger charge is -2.15. The van der Waals surface area contributed by atoms with Crippen LogP contribution < -0.4 is 0 Å². The number of hydrogen-bond donors (Lipinski definition) is 1. The summed E-state index contributed by atoms with van der Waals surface area (Å²) in [5.41, 5.74) is 10.5. The van der Waals surface area contributed by atoms with E-state index in [1.165, 1.54) is 0 Å². The number of benzene rings is 4. The van der Waals surface area contributed by atoms with Crippen molar-refractivity contribution in [1.29, 1.82) is 0 Å². The summed E-state index contributed by atoms with van der Waals surface area (Å²) in [6, 6.07) is 35.5. The molecule has 1 N–H and O–H groups in total. The van der Waals surface area contributed by atoms with Gasteiger partial charge in [-0.25, -0.2) is 9.50 Å². The van der Waals surface area contributed by atoms with Crippen LogP contribution in [-0.4, -0.2) is 24.6 Å². The minimum atomic E-state index is 0.473. The van der Waals surface area contributed by atoms with Gasteiger partial charge in [0.1, 0.15) is 0 Å². The monoisotopic (exact) mass is 539 g/mol. The molecule has 40 heavy (non-hydrogen) atoms. The van der Waals surface area contributed by atoms with Crippen LogP contribution in [-0.2, 0) is 6.42 Å². The molecule has 5 nitrogen and oxygen atoms in total. The highest BCUT2D eigenvalue weighted by Gasteiger charge is 2.24. The largest absolute Gasteiger partial charge is 0.354 e. The summed E-state index contributed by atoms with van der Waals surface area (Å²) in [5.74, 6) is 1.28. The van der Waals surface area contributed by atoms with Crippen LogP contribution in [0.3, 0.4) is 0 Å². The molecular formula is C34H26ClN5. The Balaban J connectivity index is 1.55. The SMILES string of the molecule is Cc1cc(C)n2nc(Cc3c(Cl)cc4[nH]c(-c5ccccc5)c(-c5ccccc5)c4c3-c3ccccc3)nc2n1. The number of halogens is 1. The molecule has 0 amide bonds. The number of nitrogens with zero attached hydrogens (tertiary/aromatic N) is 4. The number of aromatic nitrogens is 5. The average molecular weight is 540 g/mol. The number of H-pyrrole nitrogens is 1. The van der Waals surface area contributed by atoms with Crippen LogP contribution >= 0.6 is 11.6 Å². The van der Waals surface area contributed by atoms with E-state index in [0.717, 1.165) is 61.4 Å². The van der Waals surface area contributed by atoms with Gasteiger partial charge in [-0.1, -0.05) is 103 Å². The van der Waals surface area contributed by atoms with Gasteiger partial charge in [-0.2, -0.15) is 4.98 Å². The zero-order chi connectivity index (χ0) is 27.2. The van der Waals surface area contributed by atoms with Crippen LogP contribution in [0.25, 0.3) is 50.2 Å². The van der Waals surface area contributed by atoms with Crippen LogP contribution in [0, 0.1) is 13.8 Å². The first-order valence-corrected chi connectivity index (χ1v) is 13.7. The molecule has 0 aliphatic rings. The van der Waals surface area contributed by atoms with E-state index < -0.39 is 0 Å². The Kier molecular flexibility index (Phi) is 5.94. The summed E-state index contributed by atoms with van der Waals surface area (Å²) in [7, 11) is 0. The van der Waals surface area contributed by atoms with E-state index in [1.54, 1.807) is 4.52 Å². The highest BCUT2D eigenvalue weighted by molar-refractivity contribution is 6.33. The third kappa shape index (κ3) is 4.16. The number of aromatic amines is 1. The molecule has 7 aromatic rings. The standard InChI is InChI=1S/C34H26ClN5/c1-21-18-22(2)40-34(36-21)38-29(39-40)19-26-27(35)20-28-32(30(26)23-12-6-3-7-13-23)31(24-14-8-4-9-15-24)33(37-28)25-16-10-5-11-17-25/h3-18,20,37H,19H2,1-2H3. The smallest absolute Gasteiger partial charge is 0.252 e. The highest BCUT2D eigenvalue weighted by Crippen LogP contribution is 2.46. The molecule has 0 saturated heterocycles. The van der Waals surface area contributed by atoms with Crippen molar-refractivity contribution in [3.63, 3.8) is 0 Å². The maximum atomic E-state index is 7.12. The van der Waals surface area contributed by atoms with Crippen LogP contribution in [0.15, 0.2) is 103 Å². The number of aryl methyl sites for hydroxylation is 2. The van der Waals surface area contributed by atoms with E-state index in [1.807, 2.05) is 44.2 Å². The van der Waals surface area contributed by atoms with Crippen LogP contribution in [0.4, 0.5) is 0 Å². The lowest BCUT2D eigenvalue weighted by atomic mass is 9.89. The lowest BCUT2D eigenvalue weighted by Crippen LogP contribution is -1.99. The normalized spacial score (nSPS) is 11.5. The van der Waals surface area contributed by atoms with E-state index in [2.05, 4.69) is 82.8 Å². The van der Waals surface area contributed by atoms with Crippen LogP contribution in [0.5, 0.6) is 0 Å². The summed E-state index contributed by atoms with van der Waals surface area (Å²) in [6.45, 7) is 3.99. The second-order valence-electron chi connectivity index (χ2n) is 10.1. The molecule has 4 aromatic carbocycles. The number of nitrogens with one attached hydrogen (secondary N) is 1. The molecule has 0 bridgehead atoms. The van der Waals surface area contributed by atoms with Gasteiger partial charge in [0, 0.05) is 39.3 Å². The quantitative estimate of drug-likeness (QED) is 0.238. The molecule has 0 spiro atoms. The van der Waals surface area contributed by atoms with Crippen molar-refractivity contribution in [2.45, 2.75) is 20.3 Å². The predicted molar refractivity (Wildman–Crippen MR) is 163 cm³/mol. The summed E-state index contributed by atoms with van der Waals surface area (Å²) < 4.78 is 1.80. The molecule has 3 heterocycles. The predicted octanol–water partition coefficient (Wildman–Crippen LogP) is 8.47. The summed E-state index contributed by atoms with van der Waals surface area (Å²) >= 11 is 7.12. The van der Waals surface area contributed by atoms with Gasteiger partial charge in [-0.15, -0.1) is 5.10 Å². The van der Waals surface area contributed by atoms with Crippen molar-refractivity contribution in [3.05, 3.63) is 131 Å². The molecule has 0 atom stereocenters. The molecule has 0 aliphatic heterocycles. The topological polar surface area (TPSA) is 58.9 Å². The molecule has 0 unspecified atom stereocenters.